The van der Waals surface area contributed by atoms with Crippen LogP contribution in [-0.4, -0.2) is 37.2 Å². The zero-order valence-corrected chi connectivity index (χ0v) is 11.4. The van der Waals surface area contributed by atoms with Crippen LogP contribution in [0, 0.1) is 0 Å². The molecule has 1 amide bonds. The van der Waals surface area contributed by atoms with E-state index in [2.05, 4.69) is 5.32 Å². The van der Waals surface area contributed by atoms with Crippen molar-refractivity contribution in [2.24, 2.45) is 0 Å². The molecule has 1 aliphatic rings. The highest BCUT2D eigenvalue weighted by Crippen LogP contribution is 2.30. The third-order valence-corrected chi connectivity index (χ3v) is 2.57. The second-order valence-corrected chi connectivity index (χ2v) is 4.69. The van der Waals surface area contributed by atoms with E-state index >= 15 is 0 Å². The lowest BCUT2D eigenvalue weighted by atomic mass is 10.2. The van der Waals surface area contributed by atoms with Crippen molar-refractivity contribution in [1.29, 1.82) is 0 Å². The smallest absolute Gasteiger partial charge is 0.351 e. The lowest BCUT2D eigenvalue weighted by Crippen LogP contribution is -2.40. The summed E-state index contributed by atoms with van der Waals surface area (Å²) in [5, 5.41) is 2.63. The summed E-state index contributed by atoms with van der Waals surface area (Å²) in [7, 11) is 0. The Morgan fingerprint density at radius 1 is 1.35 bits per heavy atom. The molecule has 0 aliphatic carbocycles. The van der Waals surface area contributed by atoms with E-state index in [-0.39, 0.29) is 25.2 Å². The first-order valence-electron chi connectivity index (χ1n) is 6.40. The van der Waals surface area contributed by atoms with Crippen LogP contribution in [0.15, 0.2) is 24.3 Å². The summed E-state index contributed by atoms with van der Waals surface area (Å²) in [6.45, 7) is 3.41. The lowest BCUT2D eigenvalue weighted by molar-refractivity contribution is -0.157. The van der Waals surface area contributed by atoms with Crippen LogP contribution < -0.4 is 14.8 Å². The Morgan fingerprint density at radius 2 is 2.05 bits per heavy atom. The lowest BCUT2D eigenvalue weighted by Gasteiger charge is -2.24. The molecule has 1 heterocycles. The maximum Gasteiger partial charge on any atom is 0.351 e. The number of esters is 1. The van der Waals surface area contributed by atoms with Crippen molar-refractivity contribution in [3.63, 3.8) is 0 Å². The molecular formula is C14H17NO5. The summed E-state index contributed by atoms with van der Waals surface area (Å²) in [5.74, 6) is 0.130. The quantitative estimate of drug-likeness (QED) is 0.829. The molecule has 0 unspecified atom stereocenters. The minimum atomic E-state index is -0.850. The average Bonchev–Trinajstić information content (AvgIpc) is 2.43. The van der Waals surface area contributed by atoms with Crippen molar-refractivity contribution in [2.45, 2.75) is 26.0 Å². The predicted molar refractivity (Wildman–Crippen MR) is 70.6 cm³/mol. The van der Waals surface area contributed by atoms with Gasteiger partial charge in [-0.1, -0.05) is 12.1 Å². The maximum atomic E-state index is 11.8. The van der Waals surface area contributed by atoms with E-state index in [1.807, 2.05) is 19.9 Å². The van der Waals surface area contributed by atoms with Gasteiger partial charge in [0.15, 0.2) is 18.1 Å². The second-order valence-electron chi connectivity index (χ2n) is 4.69. The number of fused-ring (bicyclic) bond motifs is 1. The fourth-order valence-electron chi connectivity index (χ4n) is 1.73. The van der Waals surface area contributed by atoms with Gasteiger partial charge in [-0.2, -0.15) is 0 Å². The van der Waals surface area contributed by atoms with E-state index in [0.29, 0.717) is 11.5 Å². The molecule has 1 N–H and O–H groups in total. The van der Waals surface area contributed by atoms with Gasteiger partial charge in [0, 0.05) is 6.04 Å². The van der Waals surface area contributed by atoms with Gasteiger partial charge in [0.05, 0.1) is 0 Å². The fraction of sp³-hybridized carbons (Fsp3) is 0.429. The van der Waals surface area contributed by atoms with Crippen molar-refractivity contribution in [1.82, 2.24) is 5.32 Å². The molecular weight excluding hydrogens is 262 g/mol. The summed E-state index contributed by atoms with van der Waals surface area (Å²) in [6, 6.07) is 7.07. The van der Waals surface area contributed by atoms with Gasteiger partial charge in [0.2, 0.25) is 6.10 Å². The van der Waals surface area contributed by atoms with Crippen LogP contribution in [-0.2, 0) is 14.3 Å². The highest BCUT2D eigenvalue weighted by Gasteiger charge is 2.29. The number of carbonyl (C=O) groups is 2. The van der Waals surface area contributed by atoms with Gasteiger partial charge in [-0.3, -0.25) is 4.79 Å². The van der Waals surface area contributed by atoms with Crippen LogP contribution in [0.4, 0.5) is 0 Å². The fourth-order valence-corrected chi connectivity index (χ4v) is 1.73. The van der Waals surface area contributed by atoms with Crippen LogP contribution in [0.2, 0.25) is 0 Å². The summed E-state index contributed by atoms with van der Waals surface area (Å²) < 4.78 is 15.8. The highest BCUT2D eigenvalue weighted by molar-refractivity contribution is 5.82. The molecule has 108 valence electrons. The largest absolute Gasteiger partial charge is 0.485 e. The average molecular weight is 279 g/mol. The first kappa shape index (κ1) is 14.2. The van der Waals surface area contributed by atoms with Crippen LogP contribution in [0.25, 0.3) is 0 Å². The Balaban J connectivity index is 1.84. The number of ether oxygens (including phenoxy) is 3. The van der Waals surface area contributed by atoms with Gasteiger partial charge in [0.1, 0.15) is 6.61 Å². The zero-order chi connectivity index (χ0) is 14.5. The molecule has 1 atom stereocenters. The Bertz CT molecular complexity index is 500. The predicted octanol–water partition coefficient (Wildman–Crippen LogP) is 0.894. The molecule has 0 saturated heterocycles. The molecule has 1 aliphatic heterocycles. The van der Waals surface area contributed by atoms with E-state index < -0.39 is 12.1 Å². The summed E-state index contributed by atoms with van der Waals surface area (Å²) in [6.07, 6.45) is -0.850. The van der Waals surface area contributed by atoms with Crippen molar-refractivity contribution < 1.29 is 23.8 Å². The van der Waals surface area contributed by atoms with Gasteiger partial charge in [0.25, 0.3) is 5.91 Å². The van der Waals surface area contributed by atoms with Crippen LogP contribution in [0.3, 0.4) is 0 Å². The number of carbonyl (C=O) groups excluding carboxylic acids is 2. The number of benzene rings is 1. The Labute approximate surface area is 117 Å². The number of rotatable bonds is 4. The van der Waals surface area contributed by atoms with Gasteiger partial charge < -0.3 is 19.5 Å². The van der Waals surface area contributed by atoms with E-state index in [1.165, 1.54) is 0 Å². The van der Waals surface area contributed by atoms with Crippen molar-refractivity contribution >= 4 is 11.9 Å². The molecule has 2 rings (SSSR count). The van der Waals surface area contributed by atoms with Crippen LogP contribution >= 0.6 is 0 Å². The number of amides is 1. The maximum absolute atomic E-state index is 11.8. The summed E-state index contributed by atoms with van der Waals surface area (Å²) in [5.41, 5.74) is 0. The molecule has 6 heteroatoms. The number of hydrogen-bond donors (Lipinski definition) is 1. The highest BCUT2D eigenvalue weighted by atomic mass is 16.6. The summed E-state index contributed by atoms with van der Waals surface area (Å²) in [4.78, 5) is 23.2. The SMILES string of the molecule is CC(C)NC(=O)COC(=O)[C@H]1COc2ccccc2O1. The van der Waals surface area contributed by atoms with E-state index in [4.69, 9.17) is 14.2 Å². The molecule has 6 nitrogen and oxygen atoms in total. The standard InChI is InChI=1S/C14H17NO5/c1-9(2)15-13(16)8-19-14(17)12-7-18-10-5-3-4-6-11(10)20-12/h3-6,9,12H,7-8H2,1-2H3,(H,15,16)/t12-/m1/s1. The van der Waals surface area contributed by atoms with E-state index in [1.54, 1.807) is 18.2 Å². The number of para-hydroxylation sites is 2. The van der Waals surface area contributed by atoms with Crippen molar-refractivity contribution in [2.75, 3.05) is 13.2 Å². The Morgan fingerprint density at radius 3 is 2.75 bits per heavy atom. The van der Waals surface area contributed by atoms with Crippen molar-refractivity contribution in [3.8, 4) is 11.5 Å². The molecule has 0 fully saturated rings. The molecule has 0 saturated carbocycles. The molecule has 0 aromatic heterocycles. The number of nitrogens with one attached hydrogen (secondary N) is 1. The molecule has 20 heavy (non-hydrogen) atoms. The number of hydrogen-bond acceptors (Lipinski definition) is 5. The topological polar surface area (TPSA) is 73.9 Å². The molecule has 1 aromatic rings. The minimum Gasteiger partial charge on any atom is -0.485 e. The summed E-state index contributed by atoms with van der Waals surface area (Å²) >= 11 is 0. The van der Waals surface area contributed by atoms with E-state index in [0.717, 1.165) is 0 Å². The van der Waals surface area contributed by atoms with Gasteiger partial charge >= 0.3 is 5.97 Å². The van der Waals surface area contributed by atoms with Crippen LogP contribution in [0.5, 0.6) is 11.5 Å². The zero-order valence-electron chi connectivity index (χ0n) is 11.4. The van der Waals surface area contributed by atoms with E-state index in [9.17, 15) is 9.59 Å². The third-order valence-electron chi connectivity index (χ3n) is 2.57. The Kier molecular flexibility index (Phi) is 4.45. The van der Waals surface area contributed by atoms with Gasteiger partial charge in [-0.15, -0.1) is 0 Å². The Hall–Kier alpha value is -2.24. The molecule has 1 aromatic carbocycles. The minimum absolute atomic E-state index is 0.00217. The first-order valence-corrected chi connectivity index (χ1v) is 6.40. The third kappa shape index (κ3) is 3.63. The van der Waals surface area contributed by atoms with Gasteiger partial charge in [-0.05, 0) is 26.0 Å². The molecule has 0 radical (unpaired) electrons. The normalized spacial score (nSPS) is 16.6. The van der Waals surface area contributed by atoms with Crippen LogP contribution in [0.1, 0.15) is 13.8 Å². The molecule has 0 bridgehead atoms. The molecule has 0 spiro atoms. The second kappa shape index (κ2) is 6.27. The van der Waals surface area contributed by atoms with Gasteiger partial charge in [-0.25, -0.2) is 4.79 Å². The van der Waals surface area contributed by atoms with Crippen molar-refractivity contribution in [3.05, 3.63) is 24.3 Å². The first-order chi connectivity index (χ1) is 9.56. The monoisotopic (exact) mass is 279 g/mol.